The lowest BCUT2D eigenvalue weighted by Gasteiger charge is -2.35. The molecule has 2 saturated heterocycles. The maximum absolute atomic E-state index is 6.13. The Kier molecular flexibility index (Phi) is 11.8. The molecule has 0 aliphatic carbocycles. The summed E-state index contributed by atoms with van der Waals surface area (Å²) in [5, 5.41) is 3.52. The Balaban J connectivity index is 0.00000320. The van der Waals surface area contributed by atoms with Crippen molar-refractivity contribution < 1.29 is 14.2 Å². The lowest BCUT2D eigenvalue weighted by molar-refractivity contribution is -0.0721. The Bertz CT molecular complexity index is 613. The molecule has 0 spiro atoms. The highest BCUT2D eigenvalue weighted by Crippen LogP contribution is 2.18. The van der Waals surface area contributed by atoms with E-state index in [4.69, 9.17) is 14.2 Å². The number of nitrogens with zero attached hydrogens (tertiary/aromatic N) is 2. The third-order valence-corrected chi connectivity index (χ3v) is 5.83. The van der Waals surface area contributed by atoms with Gasteiger partial charge in [0.05, 0.1) is 25.9 Å². The normalized spacial score (nSPS) is 20.5. The molecule has 3 rings (SSSR count). The first-order valence-corrected chi connectivity index (χ1v) is 11.1. The van der Waals surface area contributed by atoms with Gasteiger partial charge in [0, 0.05) is 33.3 Å². The number of rotatable bonds is 8. The zero-order valence-corrected chi connectivity index (χ0v) is 20.8. The lowest BCUT2D eigenvalue weighted by Crippen LogP contribution is -2.47. The predicted octanol–water partition coefficient (Wildman–Crippen LogP) is 3.87. The van der Waals surface area contributed by atoms with Crippen LogP contribution in [-0.4, -0.2) is 70.1 Å². The van der Waals surface area contributed by atoms with E-state index in [-0.39, 0.29) is 24.0 Å². The largest absolute Gasteiger partial charge is 0.497 e. The third-order valence-electron chi connectivity index (χ3n) is 5.83. The number of aliphatic imine (C=N–C) groups is 1. The number of nitrogens with one attached hydrogen (secondary N) is 1. The standard InChI is InChI=1S/C23H37N3O3.HI/c1-24-23(25-14-5-6-19-8-10-20(27-2)11-9-19)26-15-12-21(13-16-26)29-18-22-7-3-4-17-28-22;/h8-11,21-22H,3-7,12-18H2,1-2H3,(H,24,25);1H. The third kappa shape index (κ3) is 8.23. The molecule has 30 heavy (non-hydrogen) atoms. The van der Waals surface area contributed by atoms with Crippen molar-refractivity contribution in [3.63, 3.8) is 0 Å². The molecule has 2 aliphatic rings. The van der Waals surface area contributed by atoms with E-state index in [1.807, 2.05) is 19.2 Å². The molecule has 0 amide bonds. The highest BCUT2D eigenvalue weighted by Gasteiger charge is 2.23. The van der Waals surface area contributed by atoms with Crippen molar-refractivity contribution >= 4 is 29.9 Å². The van der Waals surface area contributed by atoms with Crippen LogP contribution in [0.2, 0.25) is 0 Å². The predicted molar refractivity (Wildman–Crippen MR) is 132 cm³/mol. The van der Waals surface area contributed by atoms with E-state index in [1.54, 1.807) is 7.11 Å². The number of hydrogen-bond donors (Lipinski definition) is 1. The minimum absolute atomic E-state index is 0. The monoisotopic (exact) mass is 531 g/mol. The Morgan fingerprint density at radius 2 is 1.93 bits per heavy atom. The van der Waals surface area contributed by atoms with Crippen LogP contribution in [0.15, 0.2) is 29.3 Å². The highest BCUT2D eigenvalue weighted by atomic mass is 127. The van der Waals surface area contributed by atoms with Crippen LogP contribution in [0.5, 0.6) is 5.75 Å². The minimum atomic E-state index is 0. The Labute approximate surface area is 198 Å². The zero-order chi connectivity index (χ0) is 20.3. The van der Waals surface area contributed by atoms with Crippen molar-refractivity contribution in [1.82, 2.24) is 10.2 Å². The minimum Gasteiger partial charge on any atom is -0.497 e. The van der Waals surface area contributed by atoms with Gasteiger partial charge >= 0.3 is 0 Å². The number of methoxy groups -OCH3 is 1. The molecular formula is C23H38IN3O3. The molecule has 2 fully saturated rings. The van der Waals surface area contributed by atoms with Crippen LogP contribution in [-0.2, 0) is 15.9 Å². The first-order valence-electron chi connectivity index (χ1n) is 11.1. The second kappa shape index (κ2) is 14.1. The van der Waals surface area contributed by atoms with E-state index in [2.05, 4.69) is 27.3 Å². The Hall–Kier alpha value is -1.06. The van der Waals surface area contributed by atoms with Crippen LogP contribution in [0.3, 0.4) is 0 Å². The van der Waals surface area contributed by atoms with Gasteiger partial charge in [-0.05, 0) is 62.6 Å². The SMILES string of the molecule is CN=C(NCCCc1ccc(OC)cc1)N1CCC(OCC2CCCCO2)CC1.I. The second-order valence-electron chi connectivity index (χ2n) is 7.93. The van der Waals surface area contributed by atoms with Gasteiger partial charge < -0.3 is 24.4 Å². The molecule has 2 aliphatic heterocycles. The average molecular weight is 531 g/mol. The maximum atomic E-state index is 6.13. The van der Waals surface area contributed by atoms with Crippen molar-refractivity contribution in [2.24, 2.45) is 4.99 Å². The number of ether oxygens (including phenoxy) is 3. The van der Waals surface area contributed by atoms with E-state index in [0.717, 1.165) is 76.7 Å². The molecule has 2 heterocycles. The summed E-state index contributed by atoms with van der Waals surface area (Å²) in [4.78, 5) is 6.83. The zero-order valence-electron chi connectivity index (χ0n) is 18.5. The molecule has 1 N–H and O–H groups in total. The summed E-state index contributed by atoms with van der Waals surface area (Å²) in [6, 6.07) is 8.32. The number of likely N-dealkylation sites (tertiary alicyclic amines) is 1. The fourth-order valence-corrected chi connectivity index (χ4v) is 4.03. The number of hydrogen-bond acceptors (Lipinski definition) is 4. The van der Waals surface area contributed by atoms with Crippen LogP contribution in [0.4, 0.5) is 0 Å². The molecule has 0 aromatic heterocycles. The van der Waals surface area contributed by atoms with Crippen LogP contribution in [0.25, 0.3) is 0 Å². The van der Waals surface area contributed by atoms with E-state index < -0.39 is 0 Å². The van der Waals surface area contributed by atoms with Gasteiger partial charge in [-0.15, -0.1) is 24.0 Å². The number of benzene rings is 1. The molecule has 0 radical (unpaired) electrons. The summed E-state index contributed by atoms with van der Waals surface area (Å²) in [6.45, 7) is 4.56. The molecule has 1 unspecified atom stereocenters. The molecule has 1 aromatic carbocycles. The van der Waals surface area contributed by atoms with Crippen molar-refractivity contribution in [3.05, 3.63) is 29.8 Å². The van der Waals surface area contributed by atoms with Crippen molar-refractivity contribution in [2.45, 2.75) is 57.2 Å². The van der Waals surface area contributed by atoms with Crippen LogP contribution < -0.4 is 10.1 Å². The van der Waals surface area contributed by atoms with Gasteiger partial charge in [0.25, 0.3) is 0 Å². The molecule has 170 valence electrons. The first kappa shape index (κ1) is 25.2. The summed E-state index contributed by atoms with van der Waals surface area (Å²) in [6.07, 6.45) is 8.50. The smallest absolute Gasteiger partial charge is 0.193 e. The molecule has 0 saturated carbocycles. The highest BCUT2D eigenvalue weighted by molar-refractivity contribution is 14.0. The first-order chi connectivity index (χ1) is 14.3. The molecule has 1 atom stereocenters. The molecule has 1 aromatic rings. The maximum Gasteiger partial charge on any atom is 0.193 e. The molecule has 7 heteroatoms. The second-order valence-corrected chi connectivity index (χ2v) is 7.93. The van der Waals surface area contributed by atoms with Gasteiger partial charge in [-0.2, -0.15) is 0 Å². The quantitative estimate of drug-likeness (QED) is 0.239. The van der Waals surface area contributed by atoms with Gasteiger partial charge in [-0.1, -0.05) is 12.1 Å². The summed E-state index contributed by atoms with van der Waals surface area (Å²) in [5.41, 5.74) is 1.34. The average Bonchev–Trinajstić information content (AvgIpc) is 2.79. The van der Waals surface area contributed by atoms with E-state index in [1.165, 1.54) is 18.4 Å². The van der Waals surface area contributed by atoms with Gasteiger partial charge in [0.15, 0.2) is 5.96 Å². The molecule has 0 bridgehead atoms. The van der Waals surface area contributed by atoms with Gasteiger partial charge in [-0.25, -0.2) is 0 Å². The lowest BCUT2D eigenvalue weighted by atomic mass is 10.1. The van der Waals surface area contributed by atoms with Crippen molar-refractivity contribution in [3.8, 4) is 5.75 Å². The fraction of sp³-hybridized carbons (Fsp3) is 0.696. The molecular weight excluding hydrogens is 493 g/mol. The topological polar surface area (TPSA) is 55.3 Å². The van der Waals surface area contributed by atoms with E-state index in [9.17, 15) is 0 Å². The summed E-state index contributed by atoms with van der Waals surface area (Å²) < 4.78 is 17.1. The van der Waals surface area contributed by atoms with Crippen molar-refractivity contribution in [1.29, 1.82) is 0 Å². The summed E-state index contributed by atoms with van der Waals surface area (Å²) in [5.74, 6) is 1.92. The number of aryl methyl sites for hydroxylation is 1. The molecule has 6 nitrogen and oxygen atoms in total. The number of halogens is 1. The summed E-state index contributed by atoms with van der Waals surface area (Å²) >= 11 is 0. The van der Waals surface area contributed by atoms with Crippen LogP contribution in [0, 0.1) is 0 Å². The van der Waals surface area contributed by atoms with Crippen LogP contribution in [0.1, 0.15) is 44.1 Å². The Morgan fingerprint density at radius 1 is 1.17 bits per heavy atom. The number of guanidine groups is 1. The van der Waals surface area contributed by atoms with Crippen LogP contribution >= 0.6 is 24.0 Å². The number of piperidine rings is 1. The van der Waals surface area contributed by atoms with Gasteiger partial charge in [-0.3, -0.25) is 4.99 Å². The van der Waals surface area contributed by atoms with E-state index >= 15 is 0 Å². The van der Waals surface area contributed by atoms with E-state index in [0.29, 0.717) is 12.2 Å². The van der Waals surface area contributed by atoms with Gasteiger partial charge in [0.1, 0.15) is 5.75 Å². The Morgan fingerprint density at radius 3 is 2.57 bits per heavy atom. The van der Waals surface area contributed by atoms with Crippen molar-refractivity contribution in [2.75, 3.05) is 47.0 Å². The fourth-order valence-electron chi connectivity index (χ4n) is 4.03. The summed E-state index contributed by atoms with van der Waals surface area (Å²) in [7, 11) is 3.57. The van der Waals surface area contributed by atoms with Gasteiger partial charge in [0.2, 0.25) is 0 Å².